The van der Waals surface area contributed by atoms with Gasteiger partial charge in [0.25, 0.3) is 0 Å². The Labute approximate surface area is 126 Å². The third-order valence-corrected chi connectivity index (χ3v) is 4.01. The summed E-state index contributed by atoms with van der Waals surface area (Å²) in [5, 5.41) is 12.4. The van der Waals surface area contributed by atoms with E-state index in [1.165, 1.54) is 18.9 Å². The van der Waals surface area contributed by atoms with E-state index < -0.39 is 5.82 Å². The van der Waals surface area contributed by atoms with Gasteiger partial charge in [0.2, 0.25) is 0 Å². The topological polar surface area (TPSA) is 39.1 Å². The van der Waals surface area contributed by atoms with Crippen LogP contribution in [0.1, 0.15) is 37.3 Å². The van der Waals surface area contributed by atoms with E-state index in [0.717, 1.165) is 44.7 Å². The van der Waals surface area contributed by atoms with E-state index in [0.29, 0.717) is 5.92 Å². The molecule has 0 aliphatic carbocycles. The zero-order chi connectivity index (χ0) is 15.1. The average Bonchev–Trinajstić information content (AvgIpc) is 2.50. The molecule has 0 aromatic heterocycles. The molecule has 2 rings (SSSR count). The molecule has 0 spiro atoms. The van der Waals surface area contributed by atoms with E-state index in [9.17, 15) is 4.39 Å². The molecule has 0 bridgehead atoms. The van der Waals surface area contributed by atoms with E-state index in [-0.39, 0.29) is 5.56 Å². The van der Waals surface area contributed by atoms with E-state index in [1.54, 1.807) is 12.1 Å². The summed E-state index contributed by atoms with van der Waals surface area (Å²) in [5.41, 5.74) is 1.16. The van der Waals surface area contributed by atoms with Gasteiger partial charge in [-0.2, -0.15) is 5.26 Å². The first-order valence-electron chi connectivity index (χ1n) is 7.84. The summed E-state index contributed by atoms with van der Waals surface area (Å²) >= 11 is 0. The van der Waals surface area contributed by atoms with Crippen molar-refractivity contribution in [2.45, 2.75) is 32.7 Å². The summed E-state index contributed by atoms with van der Waals surface area (Å²) in [6.07, 6.45) is 3.63. The Balaban J connectivity index is 1.99. The van der Waals surface area contributed by atoms with Crippen LogP contribution in [0.2, 0.25) is 0 Å². The van der Waals surface area contributed by atoms with E-state index in [2.05, 4.69) is 17.1 Å². The smallest absolute Gasteiger partial charge is 0.140 e. The zero-order valence-corrected chi connectivity index (χ0v) is 12.7. The van der Waals surface area contributed by atoms with Gasteiger partial charge in [0.05, 0.1) is 5.56 Å². The van der Waals surface area contributed by atoms with Crippen molar-refractivity contribution in [2.24, 2.45) is 5.92 Å². The van der Waals surface area contributed by atoms with Gasteiger partial charge in [-0.05, 0) is 62.5 Å². The molecular formula is C17H24FN3. The molecule has 1 aromatic rings. The van der Waals surface area contributed by atoms with Gasteiger partial charge in [0, 0.05) is 13.1 Å². The minimum absolute atomic E-state index is 0.142. The minimum atomic E-state index is -0.431. The lowest BCUT2D eigenvalue weighted by Gasteiger charge is -2.30. The Hall–Kier alpha value is -1.44. The van der Waals surface area contributed by atoms with Crippen LogP contribution in [-0.2, 0) is 6.54 Å². The molecule has 1 aliphatic heterocycles. The van der Waals surface area contributed by atoms with Gasteiger partial charge >= 0.3 is 0 Å². The molecule has 21 heavy (non-hydrogen) atoms. The highest BCUT2D eigenvalue weighted by Crippen LogP contribution is 2.16. The molecule has 114 valence electrons. The molecule has 1 aromatic carbocycles. The lowest BCUT2D eigenvalue weighted by Crippen LogP contribution is -2.38. The Bertz CT molecular complexity index is 489. The predicted octanol–water partition coefficient (Wildman–Crippen LogP) is 2.91. The highest BCUT2D eigenvalue weighted by Gasteiger charge is 2.17. The number of nitriles is 1. The van der Waals surface area contributed by atoms with Gasteiger partial charge in [-0.15, -0.1) is 0 Å². The Morgan fingerprint density at radius 3 is 3.00 bits per heavy atom. The van der Waals surface area contributed by atoms with Crippen LogP contribution in [0.4, 0.5) is 4.39 Å². The van der Waals surface area contributed by atoms with Crippen LogP contribution in [0.15, 0.2) is 18.2 Å². The first-order chi connectivity index (χ1) is 10.2. The van der Waals surface area contributed by atoms with Crippen molar-refractivity contribution in [2.75, 3.05) is 26.2 Å². The van der Waals surface area contributed by atoms with Crippen molar-refractivity contribution < 1.29 is 4.39 Å². The number of hydrogen-bond donors (Lipinski definition) is 1. The molecule has 0 amide bonds. The highest BCUT2D eigenvalue weighted by molar-refractivity contribution is 5.34. The maximum absolute atomic E-state index is 13.4. The number of nitrogens with zero attached hydrogens (tertiary/aromatic N) is 2. The number of halogens is 1. The Kier molecular flexibility index (Phi) is 6.16. The van der Waals surface area contributed by atoms with Gasteiger partial charge in [-0.1, -0.05) is 13.0 Å². The fourth-order valence-electron chi connectivity index (χ4n) is 3.01. The standard InChI is InChI=1S/C17H24FN3/c1-2-8-21(13-15-4-3-7-20-11-15)12-14-5-6-17(18)16(9-14)10-19/h5-6,9,15,20H,2-4,7-8,11-13H2,1H3. The van der Waals surface area contributed by atoms with Crippen molar-refractivity contribution in [3.05, 3.63) is 35.1 Å². The molecule has 1 atom stereocenters. The van der Waals surface area contributed by atoms with Crippen molar-refractivity contribution in [1.29, 1.82) is 5.26 Å². The third-order valence-electron chi connectivity index (χ3n) is 4.01. The number of rotatable bonds is 6. The second-order valence-electron chi connectivity index (χ2n) is 5.87. The molecular weight excluding hydrogens is 265 g/mol. The van der Waals surface area contributed by atoms with Gasteiger partial charge in [-0.3, -0.25) is 4.90 Å². The second-order valence-corrected chi connectivity index (χ2v) is 5.87. The van der Waals surface area contributed by atoms with Gasteiger partial charge in [0.15, 0.2) is 0 Å². The van der Waals surface area contributed by atoms with Crippen LogP contribution >= 0.6 is 0 Å². The van der Waals surface area contributed by atoms with Crippen LogP contribution in [0.3, 0.4) is 0 Å². The minimum Gasteiger partial charge on any atom is -0.316 e. The monoisotopic (exact) mass is 289 g/mol. The van der Waals surface area contributed by atoms with Crippen molar-refractivity contribution in [3.63, 3.8) is 0 Å². The molecule has 1 unspecified atom stereocenters. The molecule has 3 nitrogen and oxygen atoms in total. The summed E-state index contributed by atoms with van der Waals surface area (Å²) in [4.78, 5) is 2.42. The number of hydrogen-bond acceptors (Lipinski definition) is 3. The van der Waals surface area contributed by atoms with Crippen molar-refractivity contribution in [1.82, 2.24) is 10.2 Å². The third kappa shape index (κ3) is 4.80. The normalized spacial score (nSPS) is 18.7. The molecule has 4 heteroatoms. The van der Waals surface area contributed by atoms with Crippen LogP contribution in [0.25, 0.3) is 0 Å². The second kappa shape index (κ2) is 8.11. The first-order valence-corrected chi connectivity index (χ1v) is 7.84. The molecule has 1 aliphatic rings. The fraction of sp³-hybridized carbons (Fsp3) is 0.588. The average molecular weight is 289 g/mol. The molecule has 1 fully saturated rings. The van der Waals surface area contributed by atoms with Crippen LogP contribution in [0, 0.1) is 23.1 Å². The molecule has 1 saturated heterocycles. The van der Waals surface area contributed by atoms with E-state index in [1.807, 2.05) is 6.07 Å². The van der Waals surface area contributed by atoms with Crippen molar-refractivity contribution >= 4 is 0 Å². The largest absolute Gasteiger partial charge is 0.316 e. The fourth-order valence-corrected chi connectivity index (χ4v) is 3.01. The lowest BCUT2D eigenvalue weighted by molar-refractivity contribution is 0.201. The summed E-state index contributed by atoms with van der Waals surface area (Å²) in [6, 6.07) is 6.79. The molecule has 0 radical (unpaired) electrons. The first kappa shape index (κ1) is 15.9. The van der Waals surface area contributed by atoms with Gasteiger partial charge < -0.3 is 5.32 Å². The van der Waals surface area contributed by atoms with Gasteiger partial charge in [-0.25, -0.2) is 4.39 Å². The SMILES string of the molecule is CCCN(Cc1ccc(F)c(C#N)c1)CC1CCCNC1. The number of nitrogens with one attached hydrogen (secondary N) is 1. The molecule has 1 N–H and O–H groups in total. The van der Waals surface area contributed by atoms with E-state index in [4.69, 9.17) is 5.26 Å². The van der Waals surface area contributed by atoms with Crippen LogP contribution in [-0.4, -0.2) is 31.1 Å². The van der Waals surface area contributed by atoms with Gasteiger partial charge in [0.1, 0.15) is 11.9 Å². The maximum Gasteiger partial charge on any atom is 0.140 e. The summed E-state index contributed by atoms with van der Waals surface area (Å²) in [6.45, 7) is 7.30. The Morgan fingerprint density at radius 1 is 1.48 bits per heavy atom. The molecule has 0 saturated carbocycles. The van der Waals surface area contributed by atoms with Crippen molar-refractivity contribution in [3.8, 4) is 6.07 Å². The highest BCUT2D eigenvalue weighted by atomic mass is 19.1. The zero-order valence-electron chi connectivity index (χ0n) is 12.7. The summed E-state index contributed by atoms with van der Waals surface area (Å²) in [5.74, 6) is 0.265. The maximum atomic E-state index is 13.4. The Morgan fingerprint density at radius 2 is 2.33 bits per heavy atom. The van der Waals surface area contributed by atoms with E-state index >= 15 is 0 Å². The summed E-state index contributed by atoms with van der Waals surface area (Å²) in [7, 11) is 0. The quantitative estimate of drug-likeness (QED) is 0.875. The number of benzene rings is 1. The predicted molar refractivity (Wildman–Crippen MR) is 82.3 cm³/mol. The van der Waals surface area contributed by atoms with Crippen LogP contribution in [0.5, 0.6) is 0 Å². The number of piperidine rings is 1. The molecule has 1 heterocycles. The van der Waals surface area contributed by atoms with Crippen LogP contribution < -0.4 is 5.32 Å². The lowest BCUT2D eigenvalue weighted by atomic mass is 9.98. The summed E-state index contributed by atoms with van der Waals surface area (Å²) < 4.78 is 13.4.